The molecule has 218 valence electrons. The molecule has 6 rings (SSSR count). The van der Waals surface area contributed by atoms with Gasteiger partial charge in [-0.25, -0.2) is 28.2 Å². The quantitative estimate of drug-likeness (QED) is 0.340. The molecule has 0 bridgehead atoms. The molecule has 14 nitrogen and oxygen atoms in total. The van der Waals surface area contributed by atoms with Crippen LogP contribution in [0.1, 0.15) is 17.4 Å². The zero-order valence-corrected chi connectivity index (χ0v) is 22.4. The zero-order chi connectivity index (χ0) is 29.4. The average Bonchev–Trinajstić information content (AvgIpc) is 3.73. The lowest BCUT2D eigenvalue weighted by atomic mass is 10.1. The fourth-order valence-corrected chi connectivity index (χ4v) is 5.07. The van der Waals surface area contributed by atoms with Gasteiger partial charge in [-0.05, 0) is 13.0 Å². The molecule has 1 aromatic carbocycles. The first-order chi connectivity index (χ1) is 20.3. The number of anilines is 2. The van der Waals surface area contributed by atoms with Gasteiger partial charge in [0.05, 0.1) is 25.0 Å². The average molecular weight is 581 g/mol. The maximum atomic E-state index is 15.2. The molecule has 3 amide bonds. The van der Waals surface area contributed by atoms with Gasteiger partial charge < -0.3 is 19.9 Å². The van der Waals surface area contributed by atoms with Crippen molar-refractivity contribution in [2.75, 3.05) is 42.5 Å². The van der Waals surface area contributed by atoms with Crippen LogP contribution in [0.3, 0.4) is 0 Å². The number of fused-ring (bicyclic) bond motifs is 1. The Bertz CT molecular complexity index is 1580. The van der Waals surface area contributed by atoms with Crippen LogP contribution in [-0.4, -0.2) is 97.0 Å². The molecular weight excluding hydrogens is 554 g/mol. The summed E-state index contributed by atoms with van der Waals surface area (Å²) in [5.41, 5.74) is -0.0699. The number of nitrogens with zero attached hydrogens (tertiary/aromatic N) is 9. The number of amides is 3. The van der Waals surface area contributed by atoms with Crippen LogP contribution in [0, 0.1) is 11.6 Å². The molecule has 4 aromatic rings. The second-order valence-corrected chi connectivity index (χ2v) is 9.96. The summed E-state index contributed by atoms with van der Waals surface area (Å²) in [7, 11) is 0. The molecule has 5 heterocycles. The van der Waals surface area contributed by atoms with Crippen LogP contribution < -0.4 is 15.1 Å². The number of piperazine rings is 1. The Balaban J connectivity index is 1.05. The van der Waals surface area contributed by atoms with E-state index in [0.717, 1.165) is 12.1 Å². The van der Waals surface area contributed by atoms with E-state index in [1.165, 1.54) is 31.8 Å². The van der Waals surface area contributed by atoms with Crippen molar-refractivity contribution in [2.45, 2.75) is 25.6 Å². The molecule has 0 unspecified atom stereocenters. The van der Waals surface area contributed by atoms with Crippen molar-refractivity contribution in [3.8, 4) is 0 Å². The van der Waals surface area contributed by atoms with Gasteiger partial charge in [0.25, 0.3) is 5.91 Å². The van der Waals surface area contributed by atoms with Crippen molar-refractivity contribution >= 4 is 35.1 Å². The van der Waals surface area contributed by atoms with Crippen molar-refractivity contribution in [1.82, 2.24) is 39.6 Å². The topological polar surface area (TPSA) is 143 Å². The van der Waals surface area contributed by atoms with Crippen LogP contribution in [0.25, 0.3) is 5.78 Å². The molecule has 0 radical (unpaired) electrons. The van der Waals surface area contributed by atoms with E-state index in [-0.39, 0.29) is 62.2 Å². The van der Waals surface area contributed by atoms with Gasteiger partial charge in [0, 0.05) is 63.1 Å². The normalized spacial score (nSPS) is 17.9. The van der Waals surface area contributed by atoms with Crippen LogP contribution >= 0.6 is 0 Å². The van der Waals surface area contributed by atoms with Gasteiger partial charge in [-0.2, -0.15) is 0 Å². The lowest BCUT2D eigenvalue weighted by Crippen LogP contribution is -2.54. The van der Waals surface area contributed by atoms with Crippen LogP contribution in [0.15, 0.2) is 49.2 Å². The first-order valence-electron chi connectivity index (χ1n) is 13.2. The zero-order valence-electron chi connectivity index (χ0n) is 22.4. The fraction of sp³-hybridized carbons (Fsp3) is 0.346. The number of ether oxygens (including phenoxy) is 1. The Morgan fingerprint density at radius 2 is 1.88 bits per heavy atom. The summed E-state index contributed by atoms with van der Waals surface area (Å²) in [4.78, 5) is 50.5. The number of carbonyl (C=O) groups is 3. The number of cyclic esters (lactones) is 1. The van der Waals surface area contributed by atoms with Crippen LogP contribution in [-0.2, 0) is 16.1 Å². The number of benzene rings is 1. The van der Waals surface area contributed by atoms with E-state index in [9.17, 15) is 14.4 Å². The molecule has 16 heteroatoms. The Morgan fingerprint density at radius 3 is 2.57 bits per heavy atom. The molecule has 0 saturated carbocycles. The predicted octanol–water partition coefficient (Wildman–Crippen LogP) is 1.09. The molecule has 1 N–H and O–H groups in total. The number of hydrogen-bond acceptors (Lipinski definition) is 9. The summed E-state index contributed by atoms with van der Waals surface area (Å²) in [5.74, 6) is -2.15. The standard InChI is InChI=1S/C26H26F2N10O4/c1-16(31-23(39)21-15-36-5-2-3-29-25(36)32-21)24(40)35-9-7-34(8-10-35)22-19(27)11-17(12-20(22)28)38-14-18(42-26(38)41)13-37-6-4-30-33-37/h2-6,11-12,15-16,18H,7-10,13-14H2,1H3,(H,31,39)/t16-,18-/m0/s1. The molecule has 0 spiro atoms. The molecule has 42 heavy (non-hydrogen) atoms. The number of aromatic nitrogens is 6. The van der Waals surface area contributed by atoms with E-state index in [0.29, 0.717) is 5.78 Å². The summed E-state index contributed by atoms with van der Waals surface area (Å²) >= 11 is 0. The van der Waals surface area contributed by atoms with Gasteiger partial charge in [-0.3, -0.25) is 18.9 Å². The van der Waals surface area contributed by atoms with E-state index in [2.05, 4.69) is 25.6 Å². The van der Waals surface area contributed by atoms with Gasteiger partial charge in [0.1, 0.15) is 23.5 Å². The van der Waals surface area contributed by atoms with Crippen LogP contribution in [0.4, 0.5) is 25.0 Å². The highest BCUT2D eigenvalue weighted by Gasteiger charge is 2.35. The van der Waals surface area contributed by atoms with Crippen molar-refractivity contribution < 1.29 is 27.9 Å². The van der Waals surface area contributed by atoms with E-state index in [4.69, 9.17) is 4.74 Å². The largest absolute Gasteiger partial charge is 0.442 e. The van der Waals surface area contributed by atoms with E-state index in [1.807, 2.05) is 0 Å². The summed E-state index contributed by atoms with van der Waals surface area (Å²) in [6.07, 6.45) is 6.63. The van der Waals surface area contributed by atoms with Gasteiger partial charge in [-0.1, -0.05) is 5.21 Å². The highest BCUT2D eigenvalue weighted by atomic mass is 19.1. The van der Waals surface area contributed by atoms with E-state index in [1.54, 1.807) is 36.0 Å². The number of imidazole rings is 1. The van der Waals surface area contributed by atoms with Crippen molar-refractivity contribution in [2.24, 2.45) is 0 Å². The van der Waals surface area contributed by atoms with E-state index < -0.39 is 35.8 Å². The maximum absolute atomic E-state index is 15.2. The third kappa shape index (κ3) is 5.29. The summed E-state index contributed by atoms with van der Waals surface area (Å²) in [5, 5.41) is 10.2. The Kier molecular flexibility index (Phi) is 7.10. The molecular formula is C26H26F2N10O4. The number of hydrogen-bond donors (Lipinski definition) is 1. The van der Waals surface area contributed by atoms with Crippen LogP contribution in [0.5, 0.6) is 0 Å². The third-order valence-corrected chi connectivity index (χ3v) is 7.14. The molecule has 2 aliphatic heterocycles. The summed E-state index contributed by atoms with van der Waals surface area (Å²) in [6, 6.07) is 3.06. The molecule has 3 aromatic heterocycles. The van der Waals surface area contributed by atoms with Gasteiger partial charge in [-0.15, -0.1) is 5.10 Å². The number of nitrogens with one attached hydrogen (secondary N) is 1. The Labute approximate surface area is 237 Å². The predicted molar refractivity (Wildman–Crippen MR) is 143 cm³/mol. The summed E-state index contributed by atoms with van der Waals surface area (Å²) < 4.78 is 38.9. The lowest BCUT2D eigenvalue weighted by Gasteiger charge is -2.37. The highest BCUT2D eigenvalue weighted by Crippen LogP contribution is 2.32. The second-order valence-electron chi connectivity index (χ2n) is 9.96. The first kappa shape index (κ1) is 27.0. The Morgan fingerprint density at radius 1 is 1.12 bits per heavy atom. The van der Waals surface area contributed by atoms with Gasteiger partial charge >= 0.3 is 6.09 Å². The van der Waals surface area contributed by atoms with Gasteiger partial charge in [0.2, 0.25) is 11.7 Å². The Hall–Kier alpha value is -5.15. The molecule has 0 aliphatic carbocycles. The number of carbonyl (C=O) groups excluding carboxylic acids is 3. The lowest BCUT2D eigenvalue weighted by molar-refractivity contribution is -0.133. The number of rotatable bonds is 7. The summed E-state index contributed by atoms with van der Waals surface area (Å²) in [6.45, 7) is 2.65. The van der Waals surface area contributed by atoms with Crippen molar-refractivity contribution in [3.05, 3.63) is 66.5 Å². The fourth-order valence-electron chi connectivity index (χ4n) is 5.07. The SMILES string of the molecule is C[C@H](NC(=O)c1cn2cccnc2n1)C(=O)N1CCN(c2c(F)cc(N3C[C@H](Cn4ccnn4)OC3=O)cc2F)CC1. The monoisotopic (exact) mass is 580 g/mol. The molecule has 2 fully saturated rings. The first-order valence-corrected chi connectivity index (χ1v) is 13.2. The number of halogens is 2. The van der Waals surface area contributed by atoms with E-state index >= 15 is 8.78 Å². The molecule has 2 saturated heterocycles. The smallest absolute Gasteiger partial charge is 0.414 e. The molecule has 2 aliphatic rings. The third-order valence-electron chi connectivity index (χ3n) is 7.14. The van der Waals surface area contributed by atoms with Crippen LogP contribution in [0.2, 0.25) is 0 Å². The van der Waals surface area contributed by atoms with Crippen molar-refractivity contribution in [3.63, 3.8) is 0 Å². The minimum absolute atomic E-state index is 0.0413. The second kappa shape index (κ2) is 11.0. The van der Waals surface area contributed by atoms with Gasteiger partial charge in [0.15, 0.2) is 11.6 Å². The minimum atomic E-state index is -0.844. The highest BCUT2D eigenvalue weighted by molar-refractivity contribution is 5.96. The minimum Gasteiger partial charge on any atom is -0.442 e. The molecule has 2 atom stereocenters. The maximum Gasteiger partial charge on any atom is 0.414 e. The van der Waals surface area contributed by atoms with Crippen molar-refractivity contribution in [1.29, 1.82) is 0 Å².